The van der Waals surface area contributed by atoms with Crippen molar-refractivity contribution in [2.45, 2.75) is 38.6 Å². The molecule has 1 N–H and O–H groups in total. The lowest BCUT2D eigenvalue weighted by Gasteiger charge is -2.10. The minimum atomic E-state index is -0.554. The molecule has 1 fully saturated rings. The predicted octanol–water partition coefficient (Wildman–Crippen LogP) is 1.82. The molecule has 0 aliphatic carbocycles. The number of allylic oxidation sites excluding steroid dienone is 3. The van der Waals surface area contributed by atoms with E-state index >= 15 is 0 Å². The lowest BCUT2D eigenvalue weighted by atomic mass is 10.2. The highest BCUT2D eigenvalue weighted by molar-refractivity contribution is 5.88. The van der Waals surface area contributed by atoms with E-state index in [1.165, 1.54) is 0 Å². The summed E-state index contributed by atoms with van der Waals surface area (Å²) in [7, 11) is 0. The fourth-order valence-corrected chi connectivity index (χ4v) is 2.03. The Hall–Kier alpha value is -2.37. The molecule has 0 aromatic carbocycles. The van der Waals surface area contributed by atoms with E-state index in [1.54, 1.807) is 12.2 Å². The summed E-state index contributed by atoms with van der Waals surface area (Å²) in [6.07, 6.45) is 8.45. The van der Waals surface area contributed by atoms with Gasteiger partial charge >= 0.3 is 11.9 Å². The van der Waals surface area contributed by atoms with Gasteiger partial charge in [-0.3, -0.25) is 9.59 Å². The van der Waals surface area contributed by atoms with Crippen molar-refractivity contribution in [3.05, 3.63) is 36.5 Å². The minimum Gasteiger partial charge on any atom is -0.464 e. The topological polar surface area (TPSA) is 81.7 Å². The van der Waals surface area contributed by atoms with Crippen LogP contribution in [0.25, 0.3) is 0 Å². The molecule has 0 spiro atoms. The number of carbonyl (C=O) groups excluding carboxylic acids is 3. The van der Waals surface area contributed by atoms with Gasteiger partial charge < -0.3 is 14.8 Å². The smallest absolute Gasteiger partial charge is 0.328 e. The Balaban J connectivity index is 2.16. The van der Waals surface area contributed by atoms with Gasteiger partial charge in [0, 0.05) is 12.8 Å². The third-order valence-electron chi connectivity index (χ3n) is 3.16. The van der Waals surface area contributed by atoms with Crippen molar-refractivity contribution < 1.29 is 23.9 Å². The molecule has 0 saturated carbocycles. The lowest BCUT2D eigenvalue weighted by molar-refractivity contribution is -0.148. The van der Waals surface area contributed by atoms with Gasteiger partial charge in [-0.15, -0.1) is 0 Å². The maximum absolute atomic E-state index is 11.6. The normalized spacial score (nSPS) is 17.9. The molecule has 23 heavy (non-hydrogen) atoms. The van der Waals surface area contributed by atoms with Crippen molar-refractivity contribution in [3.8, 4) is 0 Å². The Labute approximate surface area is 136 Å². The Morgan fingerprint density at radius 1 is 1.39 bits per heavy atom. The number of hydrogen-bond acceptors (Lipinski definition) is 5. The second-order valence-corrected chi connectivity index (χ2v) is 5.07. The number of carbonyl (C=O) groups is 3. The zero-order valence-corrected chi connectivity index (χ0v) is 13.4. The second-order valence-electron chi connectivity index (χ2n) is 5.07. The van der Waals surface area contributed by atoms with Crippen molar-refractivity contribution >= 4 is 17.8 Å². The fraction of sp³-hybridized carbons (Fsp3) is 0.471. The van der Waals surface area contributed by atoms with Crippen LogP contribution in [0.1, 0.15) is 32.6 Å². The molecule has 6 heteroatoms. The predicted molar refractivity (Wildman–Crippen MR) is 85.4 cm³/mol. The molecule has 126 valence electrons. The molecular weight excluding hydrogens is 298 g/mol. The second kappa shape index (κ2) is 10.4. The molecule has 0 aromatic rings. The molecule has 1 saturated heterocycles. The van der Waals surface area contributed by atoms with Crippen LogP contribution in [0.2, 0.25) is 0 Å². The fourth-order valence-electron chi connectivity index (χ4n) is 2.03. The van der Waals surface area contributed by atoms with E-state index in [9.17, 15) is 14.4 Å². The molecule has 0 radical (unpaired) electrons. The largest absolute Gasteiger partial charge is 0.464 e. The molecule has 1 aliphatic heterocycles. The SMILES string of the molecule is C=C/C=C(\C=C/C)COC(=O)CCCOC(=O)C1CCC(=O)N1. The van der Waals surface area contributed by atoms with Crippen LogP contribution < -0.4 is 5.32 Å². The molecule has 0 aromatic heterocycles. The number of nitrogens with one attached hydrogen (secondary N) is 1. The zero-order chi connectivity index (χ0) is 17.1. The van der Waals surface area contributed by atoms with Gasteiger partial charge in [0.25, 0.3) is 0 Å². The van der Waals surface area contributed by atoms with Crippen LogP contribution in [-0.4, -0.2) is 37.1 Å². The van der Waals surface area contributed by atoms with Crippen molar-refractivity contribution in [1.82, 2.24) is 5.32 Å². The maximum Gasteiger partial charge on any atom is 0.328 e. The van der Waals surface area contributed by atoms with Gasteiger partial charge in [0.1, 0.15) is 12.6 Å². The first-order valence-corrected chi connectivity index (χ1v) is 7.62. The van der Waals surface area contributed by atoms with E-state index in [0.717, 1.165) is 5.57 Å². The Morgan fingerprint density at radius 3 is 2.78 bits per heavy atom. The molecule has 6 nitrogen and oxygen atoms in total. The van der Waals surface area contributed by atoms with Crippen LogP contribution in [0.5, 0.6) is 0 Å². The van der Waals surface area contributed by atoms with Crippen molar-refractivity contribution in [3.63, 3.8) is 0 Å². The summed E-state index contributed by atoms with van der Waals surface area (Å²) in [4.78, 5) is 34.2. The summed E-state index contributed by atoms with van der Waals surface area (Å²) >= 11 is 0. The molecule has 1 amide bonds. The zero-order valence-electron chi connectivity index (χ0n) is 13.4. The minimum absolute atomic E-state index is 0.129. The average molecular weight is 321 g/mol. The highest BCUT2D eigenvalue weighted by atomic mass is 16.5. The van der Waals surface area contributed by atoms with Crippen LogP contribution in [0.3, 0.4) is 0 Å². The van der Waals surface area contributed by atoms with Gasteiger partial charge in [0.15, 0.2) is 0 Å². The number of ether oxygens (including phenoxy) is 2. The summed E-state index contributed by atoms with van der Waals surface area (Å²) in [5.41, 5.74) is 0.847. The van der Waals surface area contributed by atoms with E-state index in [1.807, 2.05) is 19.1 Å². The quantitative estimate of drug-likeness (QED) is 0.398. The van der Waals surface area contributed by atoms with E-state index in [2.05, 4.69) is 11.9 Å². The van der Waals surface area contributed by atoms with Crippen LogP contribution in [-0.2, 0) is 23.9 Å². The van der Waals surface area contributed by atoms with E-state index in [-0.39, 0.29) is 31.5 Å². The van der Waals surface area contributed by atoms with E-state index < -0.39 is 12.0 Å². The van der Waals surface area contributed by atoms with E-state index in [4.69, 9.17) is 9.47 Å². The Bertz CT molecular complexity index is 507. The van der Waals surface area contributed by atoms with Gasteiger partial charge in [-0.2, -0.15) is 0 Å². The van der Waals surface area contributed by atoms with Crippen molar-refractivity contribution in [2.24, 2.45) is 0 Å². The molecular formula is C17H23NO5. The monoisotopic (exact) mass is 321 g/mol. The molecule has 1 aliphatic rings. The molecule has 1 heterocycles. The molecule has 1 atom stereocenters. The highest BCUT2D eigenvalue weighted by Gasteiger charge is 2.28. The standard InChI is InChI=1S/C17H23NO5/c1-3-6-13(7-4-2)12-23-16(20)8-5-11-22-17(21)14-9-10-15(19)18-14/h3-4,6-7,14H,1,5,8-12H2,2H3,(H,18,19)/b7-4-,13-6+. The first kappa shape index (κ1) is 18.7. The first-order valence-electron chi connectivity index (χ1n) is 7.62. The molecule has 1 unspecified atom stereocenters. The van der Waals surface area contributed by atoms with Crippen molar-refractivity contribution in [2.75, 3.05) is 13.2 Å². The summed E-state index contributed by atoms with van der Waals surface area (Å²) in [5, 5.41) is 2.53. The van der Waals surface area contributed by atoms with E-state index in [0.29, 0.717) is 19.3 Å². The summed E-state index contributed by atoms with van der Waals surface area (Å²) in [6, 6.07) is -0.554. The van der Waals surface area contributed by atoms with Gasteiger partial charge in [0.2, 0.25) is 5.91 Å². The highest BCUT2D eigenvalue weighted by Crippen LogP contribution is 2.08. The summed E-state index contributed by atoms with van der Waals surface area (Å²) in [6.45, 7) is 5.79. The summed E-state index contributed by atoms with van der Waals surface area (Å²) < 4.78 is 10.2. The number of rotatable bonds is 9. The molecule has 1 rings (SSSR count). The number of esters is 2. The maximum atomic E-state index is 11.6. The van der Waals surface area contributed by atoms with Gasteiger partial charge in [-0.25, -0.2) is 4.79 Å². The third kappa shape index (κ3) is 7.44. The van der Waals surface area contributed by atoms with Crippen LogP contribution in [0.15, 0.2) is 36.5 Å². The molecule has 0 bridgehead atoms. The summed E-state index contributed by atoms with van der Waals surface area (Å²) in [5.74, 6) is -0.941. The van der Waals surface area contributed by atoms with Gasteiger partial charge in [-0.1, -0.05) is 30.9 Å². The van der Waals surface area contributed by atoms with Crippen molar-refractivity contribution in [1.29, 1.82) is 0 Å². The first-order chi connectivity index (χ1) is 11.1. The van der Waals surface area contributed by atoms with Crippen LogP contribution in [0, 0.1) is 0 Å². The van der Waals surface area contributed by atoms with Gasteiger partial charge in [-0.05, 0) is 25.3 Å². The van der Waals surface area contributed by atoms with Crippen LogP contribution >= 0.6 is 0 Å². The average Bonchev–Trinajstić information content (AvgIpc) is 2.96. The number of hydrogen-bond donors (Lipinski definition) is 1. The lowest BCUT2D eigenvalue weighted by Crippen LogP contribution is -2.34. The third-order valence-corrected chi connectivity index (χ3v) is 3.16. The Morgan fingerprint density at radius 2 is 2.17 bits per heavy atom. The number of amides is 1. The van der Waals surface area contributed by atoms with Crippen LogP contribution in [0.4, 0.5) is 0 Å². The Kier molecular flexibility index (Phi) is 8.42. The van der Waals surface area contributed by atoms with Gasteiger partial charge in [0.05, 0.1) is 6.61 Å².